The molecule has 20 heavy (non-hydrogen) atoms. The zero-order valence-electron chi connectivity index (χ0n) is 10.8. The van der Waals surface area contributed by atoms with Gasteiger partial charge in [-0.3, -0.25) is 9.69 Å². The number of aliphatic hydroxyl groups is 1. The van der Waals surface area contributed by atoms with Crippen LogP contribution >= 0.6 is 0 Å². The molecule has 0 aromatic heterocycles. The summed E-state index contributed by atoms with van der Waals surface area (Å²) in [4.78, 5) is 23.6. The molecule has 5 nitrogen and oxygen atoms in total. The Kier molecular flexibility index (Phi) is 5.57. The molecule has 0 saturated heterocycles. The number of hydrogen-bond donors (Lipinski definition) is 2. The zero-order chi connectivity index (χ0) is 15.3. The van der Waals surface area contributed by atoms with Crippen LogP contribution in [0.3, 0.4) is 0 Å². The quantitative estimate of drug-likeness (QED) is 0.832. The lowest BCUT2D eigenvalue weighted by Gasteiger charge is -2.28. The number of rotatable bonds is 6. The van der Waals surface area contributed by atoms with Crippen LogP contribution in [0.1, 0.15) is 19.8 Å². The van der Waals surface area contributed by atoms with Crippen molar-refractivity contribution in [2.45, 2.75) is 25.8 Å². The molecule has 1 aromatic rings. The first kappa shape index (κ1) is 16.0. The van der Waals surface area contributed by atoms with Crippen molar-refractivity contribution < 1.29 is 28.6 Å². The Morgan fingerprint density at radius 1 is 1.35 bits per heavy atom. The second-order valence-corrected chi connectivity index (χ2v) is 4.16. The molecule has 7 heteroatoms. The van der Waals surface area contributed by atoms with Crippen LogP contribution < -0.4 is 4.90 Å². The minimum absolute atomic E-state index is 0.0812. The van der Waals surface area contributed by atoms with Gasteiger partial charge in [0.1, 0.15) is 24.3 Å². The number of nitrogens with zero attached hydrogens (tertiary/aromatic N) is 1. The number of amides is 1. The third-order valence-electron chi connectivity index (χ3n) is 2.73. The van der Waals surface area contributed by atoms with Crippen molar-refractivity contribution in [1.82, 2.24) is 0 Å². The van der Waals surface area contributed by atoms with E-state index in [1.54, 1.807) is 6.92 Å². The molecule has 0 bridgehead atoms. The van der Waals surface area contributed by atoms with E-state index in [4.69, 9.17) is 10.2 Å². The van der Waals surface area contributed by atoms with E-state index in [9.17, 15) is 18.4 Å². The van der Waals surface area contributed by atoms with Gasteiger partial charge in [-0.05, 0) is 18.6 Å². The number of benzene rings is 1. The molecule has 1 atom stereocenters. The average Bonchev–Trinajstić information content (AvgIpc) is 2.39. The summed E-state index contributed by atoms with van der Waals surface area (Å²) in [6, 6.07) is 1.13. The molecule has 110 valence electrons. The standard InChI is InChI=1S/C13H15F2NO4/c1-2-3-11(13(19)20)16(12(18)7-17)10-5-4-8(14)6-9(10)15/h4-6,11,17H,2-3,7H2,1H3,(H,19,20). The largest absolute Gasteiger partial charge is 0.480 e. The number of aliphatic carboxylic acids is 1. The molecule has 0 aliphatic carbocycles. The fraction of sp³-hybridized carbons (Fsp3) is 0.385. The van der Waals surface area contributed by atoms with Crippen molar-refractivity contribution in [2.75, 3.05) is 11.5 Å². The van der Waals surface area contributed by atoms with Gasteiger partial charge >= 0.3 is 5.97 Å². The summed E-state index contributed by atoms with van der Waals surface area (Å²) in [5.74, 6) is -4.19. The Balaban J connectivity index is 3.30. The Labute approximate surface area is 114 Å². The van der Waals surface area contributed by atoms with E-state index >= 15 is 0 Å². The van der Waals surface area contributed by atoms with Crippen molar-refractivity contribution in [3.63, 3.8) is 0 Å². The van der Waals surface area contributed by atoms with Crippen LogP contribution in [-0.2, 0) is 9.59 Å². The molecule has 1 amide bonds. The number of hydrogen-bond acceptors (Lipinski definition) is 3. The van der Waals surface area contributed by atoms with E-state index in [1.807, 2.05) is 0 Å². The number of halogens is 2. The van der Waals surface area contributed by atoms with Gasteiger partial charge in [0.05, 0.1) is 5.69 Å². The minimum Gasteiger partial charge on any atom is -0.480 e. The number of aliphatic hydroxyl groups excluding tert-OH is 1. The van der Waals surface area contributed by atoms with Crippen LogP contribution in [0.25, 0.3) is 0 Å². The molecule has 0 saturated carbocycles. The summed E-state index contributed by atoms with van der Waals surface area (Å²) >= 11 is 0. The van der Waals surface area contributed by atoms with Crippen LogP contribution in [0.15, 0.2) is 18.2 Å². The predicted octanol–water partition coefficient (Wildman–Crippen LogP) is 1.54. The molecule has 2 N–H and O–H groups in total. The monoisotopic (exact) mass is 287 g/mol. The maximum atomic E-state index is 13.8. The number of anilines is 1. The van der Waals surface area contributed by atoms with Crippen LogP contribution in [0, 0.1) is 11.6 Å². The molecule has 1 aromatic carbocycles. The topological polar surface area (TPSA) is 77.8 Å². The highest BCUT2D eigenvalue weighted by Crippen LogP contribution is 2.24. The zero-order valence-corrected chi connectivity index (χ0v) is 10.8. The molecule has 0 spiro atoms. The summed E-state index contributed by atoms with van der Waals surface area (Å²) in [6.45, 7) is 0.739. The first-order valence-electron chi connectivity index (χ1n) is 6.03. The van der Waals surface area contributed by atoms with Crippen molar-refractivity contribution in [2.24, 2.45) is 0 Å². The number of carbonyl (C=O) groups excluding carboxylic acids is 1. The van der Waals surface area contributed by atoms with E-state index in [0.29, 0.717) is 17.4 Å². The van der Waals surface area contributed by atoms with Crippen molar-refractivity contribution in [3.8, 4) is 0 Å². The van der Waals surface area contributed by atoms with Gasteiger partial charge in [0, 0.05) is 6.07 Å². The van der Waals surface area contributed by atoms with Crippen molar-refractivity contribution in [1.29, 1.82) is 0 Å². The lowest BCUT2D eigenvalue weighted by molar-refractivity contribution is -0.140. The van der Waals surface area contributed by atoms with Crippen LogP contribution in [0.4, 0.5) is 14.5 Å². The normalized spacial score (nSPS) is 12.0. The summed E-state index contributed by atoms with van der Waals surface area (Å²) in [6.07, 6.45) is 0.521. The molecular weight excluding hydrogens is 272 g/mol. The van der Waals surface area contributed by atoms with Gasteiger partial charge in [0.25, 0.3) is 5.91 Å². The second-order valence-electron chi connectivity index (χ2n) is 4.16. The molecule has 0 aliphatic rings. The lowest BCUT2D eigenvalue weighted by Crippen LogP contribution is -2.47. The van der Waals surface area contributed by atoms with Crippen LogP contribution in [0.5, 0.6) is 0 Å². The molecule has 0 fully saturated rings. The van der Waals surface area contributed by atoms with Gasteiger partial charge in [-0.25, -0.2) is 13.6 Å². The fourth-order valence-electron chi connectivity index (χ4n) is 1.87. The van der Waals surface area contributed by atoms with Gasteiger partial charge in [0.15, 0.2) is 0 Å². The summed E-state index contributed by atoms with van der Waals surface area (Å²) in [7, 11) is 0. The Hall–Kier alpha value is -2.02. The molecule has 1 rings (SSSR count). The lowest BCUT2D eigenvalue weighted by atomic mass is 10.1. The fourth-order valence-corrected chi connectivity index (χ4v) is 1.87. The Morgan fingerprint density at radius 2 is 2.00 bits per heavy atom. The maximum Gasteiger partial charge on any atom is 0.326 e. The van der Waals surface area contributed by atoms with E-state index in [-0.39, 0.29) is 12.1 Å². The summed E-state index contributed by atoms with van der Waals surface area (Å²) in [5.41, 5.74) is -0.369. The third-order valence-corrected chi connectivity index (χ3v) is 2.73. The highest BCUT2D eigenvalue weighted by Gasteiger charge is 2.31. The molecular formula is C13H15F2NO4. The SMILES string of the molecule is CCCC(C(=O)O)N(C(=O)CO)c1ccc(F)cc1F. The van der Waals surface area contributed by atoms with Gasteiger partial charge in [0.2, 0.25) is 0 Å². The van der Waals surface area contributed by atoms with Gasteiger partial charge in [-0.2, -0.15) is 0 Å². The van der Waals surface area contributed by atoms with E-state index in [0.717, 1.165) is 12.1 Å². The van der Waals surface area contributed by atoms with E-state index in [2.05, 4.69) is 0 Å². The molecule has 0 aliphatic heterocycles. The Bertz CT molecular complexity index is 507. The van der Waals surface area contributed by atoms with E-state index < -0.39 is 36.2 Å². The van der Waals surface area contributed by atoms with Gasteiger partial charge < -0.3 is 10.2 Å². The number of carbonyl (C=O) groups is 2. The highest BCUT2D eigenvalue weighted by atomic mass is 19.1. The summed E-state index contributed by atoms with van der Waals surface area (Å²) < 4.78 is 26.6. The van der Waals surface area contributed by atoms with Crippen molar-refractivity contribution in [3.05, 3.63) is 29.8 Å². The van der Waals surface area contributed by atoms with Crippen LogP contribution in [-0.4, -0.2) is 34.7 Å². The molecule has 0 heterocycles. The number of carboxylic acid groups (broad SMARTS) is 1. The molecule has 1 unspecified atom stereocenters. The second kappa shape index (κ2) is 6.95. The minimum atomic E-state index is -1.32. The summed E-state index contributed by atoms with van der Waals surface area (Å²) in [5, 5.41) is 18.1. The Morgan fingerprint density at radius 3 is 2.45 bits per heavy atom. The van der Waals surface area contributed by atoms with Gasteiger partial charge in [-0.1, -0.05) is 13.3 Å². The van der Waals surface area contributed by atoms with Crippen LogP contribution in [0.2, 0.25) is 0 Å². The first-order valence-corrected chi connectivity index (χ1v) is 6.03. The average molecular weight is 287 g/mol. The van der Waals surface area contributed by atoms with E-state index in [1.165, 1.54) is 0 Å². The molecule has 0 radical (unpaired) electrons. The smallest absolute Gasteiger partial charge is 0.326 e. The first-order chi connectivity index (χ1) is 9.42. The predicted molar refractivity (Wildman–Crippen MR) is 67.3 cm³/mol. The van der Waals surface area contributed by atoms with Gasteiger partial charge in [-0.15, -0.1) is 0 Å². The van der Waals surface area contributed by atoms with Crippen molar-refractivity contribution >= 4 is 17.6 Å². The number of carboxylic acids is 1. The third kappa shape index (κ3) is 3.51. The highest BCUT2D eigenvalue weighted by molar-refractivity contribution is 5.99. The maximum absolute atomic E-state index is 13.8.